The van der Waals surface area contributed by atoms with Crippen LogP contribution in [0.25, 0.3) is 17.2 Å². The van der Waals surface area contributed by atoms with Gasteiger partial charge in [-0.2, -0.15) is 5.10 Å². The van der Waals surface area contributed by atoms with Gasteiger partial charge in [-0.25, -0.2) is 28.4 Å². The van der Waals surface area contributed by atoms with Gasteiger partial charge in [0.1, 0.15) is 23.3 Å². The molecule has 1 amide bonds. The van der Waals surface area contributed by atoms with Gasteiger partial charge in [0.2, 0.25) is 11.8 Å². The number of amides is 1. The summed E-state index contributed by atoms with van der Waals surface area (Å²) in [7, 11) is 0. The normalized spacial score (nSPS) is 21.4. The van der Waals surface area contributed by atoms with E-state index in [2.05, 4.69) is 20.1 Å². The first-order valence-electron chi connectivity index (χ1n) is 12.4. The number of fused-ring (bicyclic) bond motifs is 1. The van der Waals surface area contributed by atoms with Crippen LogP contribution in [0.5, 0.6) is 5.88 Å². The molecule has 0 radical (unpaired) electrons. The highest BCUT2D eigenvalue weighted by molar-refractivity contribution is 5.95. The molecule has 3 aromatic heterocycles. The van der Waals surface area contributed by atoms with E-state index in [1.54, 1.807) is 36.5 Å². The molecule has 6 rings (SSSR count). The van der Waals surface area contributed by atoms with E-state index in [4.69, 9.17) is 10.5 Å². The van der Waals surface area contributed by atoms with Crippen molar-refractivity contribution in [3.8, 4) is 23.1 Å². The lowest BCUT2D eigenvalue weighted by Gasteiger charge is -2.22. The highest BCUT2D eigenvalue weighted by Crippen LogP contribution is 2.48. The number of benzene rings is 1. The number of aliphatic hydroxyl groups is 1. The predicted octanol–water partition coefficient (Wildman–Crippen LogP) is 2.58. The first-order chi connectivity index (χ1) is 18.6. The van der Waals surface area contributed by atoms with Crippen molar-refractivity contribution in [3.63, 3.8) is 0 Å². The van der Waals surface area contributed by atoms with E-state index in [1.807, 2.05) is 0 Å². The van der Waals surface area contributed by atoms with Gasteiger partial charge in [-0.3, -0.25) is 10.5 Å². The molecule has 4 heterocycles. The first-order valence-corrected chi connectivity index (χ1v) is 12.4. The van der Waals surface area contributed by atoms with Crippen LogP contribution in [0.2, 0.25) is 0 Å². The van der Waals surface area contributed by atoms with Crippen LogP contribution in [0.3, 0.4) is 0 Å². The lowest BCUT2D eigenvalue weighted by molar-refractivity contribution is 0.0599. The molecular formula is C27H25F2N7O3. The van der Waals surface area contributed by atoms with Crippen molar-refractivity contribution in [2.45, 2.75) is 25.7 Å². The Balaban J connectivity index is 1.18. The van der Waals surface area contributed by atoms with Crippen molar-refractivity contribution in [1.29, 1.82) is 0 Å². The molecule has 1 aliphatic carbocycles. The van der Waals surface area contributed by atoms with E-state index < -0.39 is 17.4 Å². The maximum Gasteiger partial charge on any atom is 0.257 e. The van der Waals surface area contributed by atoms with Crippen molar-refractivity contribution in [2.24, 2.45) is 17.6 Å². The molecule has 2 aliphatic rings. The summed E-state index contributed by atoms with van der Waals surface area (Å²) < 4.78 is 36.3. The van der Waals surface area contributed by atoms with Gasteiger partial charge in [-0.15, -0.1) is 0 Å². The van der Waals surface area contributed by atoms with Crippen molar-refractivity contribution in [2.75, 3.05) is 13.1 Å². The van der Waals surface area contributed by atoms with E-state index in [-0.39, 0.29) is 41.0 Å². The second kappa shape index (κ2) is 9.17. The lowest BCUT2D eigenvalue weighted by Crippen LogP contribution is -2.34. The van der Waals surface area contributed by atoms with Crippen LogP contribution in [0.4, 0.5) is 8.78 Å². The van der Waals surface area contributed by atoms with Crippen molar-refractivity contribution < 1.29 is 23.4 Å². The zero-order valence-electron chi connectivity index (χ0n) is 21.1. The molecule has 12 heteroatoms. The van der Waals surface area contributed by atoms with Gasteiger partial charge in [-0.1, -0.05) is 0 Å². The standard InChI is InChI=1S/C27H25F2N7O3/c1-14-17(13-36(34-14)26-31-8-3-9-32-26)25(37)35-11-18-19(12-35)24(18)39-21-10-20(27(2,30)38)22(29)23(33-21)15-4-6-16(28)7-5-15/h3-10,13,18-19,24,38H,11-12,30H2,1-2H3/t18-,19+,24?,27?. The monoisotopic (exact) mass is 533 g/mol. The predicted molar refractivity (Wildman–Crippen MR) is 135 cm³/mol. The maximum absolute atomic E-state index is 15.3. The van der Waals surface area contributed by atoms with Crippen molar-refractivity contribution >= 4 is 5.91 Å². The number of carbonyl (C=O) groups is 1. The smallest absolute Gasteiger partial charge is 0.257 e. The van der Waals surface area contributed by atoms with Crippen molar-refractivity contribution in [1.82, 2.24) is 29.6 Å². The number of rotatable bonds is 6. The van der Waals surface area contributed by atoms with E-state index in [0.29, 0.717) is 35.9 Å². The van der Waals surface area contributed by atoms with Crippen LogP contribution < -0.4 is 10.5 Å². The van der Waals surface area contributed by atoms with E-state index in [9.17, 15) is 14.3 Å². The largest absolute Gasteiger partial charge is 0.474 e. The molecule has 4 atom stereocenters. The van der Waals surface area contributed by atoms with Crippen LogP contribution >= 0.6 is 0 Å². The molecule has 2 fully saturated rings. The summed E-state index contributed by atoms with van der Waals surface area (Å²) in [5, 5.41) is 14.7. The Morgan fingerprint density at radius 3 is 2.46 bits per heavy atom. The number of carbonyl (C=O) groups excluding carboxylic acids is 1. The molecule has 2 unspecified atom stereocenters. The third-order valence-electron chi connectivity index (χ3n) is 7.14. The molecule has 1 aromatic carbocycles. The Labute approximate surface area is 222 Å². The van der Waals surface area contributed by atoms with Gasteiger partial charge in [0, 0.05) is 60.7 Å². The molecule has 10 nitrogen and oxygen atoms in total. The van der Waals surface area contributed by atoms with Gasteiger partial charge >= 0.3 is 0 Å². The number of nitrogens with two attached hydrogens (primary N) is 1. The third kappa shape index (κ3) is 4.61. The third-order valence-corrected chi connectivity index (χ3v) is 7.14. The SMILES string of the molecule is Cc1nn(-c2ncccn2)cc1C(=O)N1C[C@@H]2C(Oc3cc(C(C)(N)O)c(F)c(-c4ccc(F)cc4)n3)[C@@H]2C1. The van der Waals surface area contributed by atoms with E-state index >= 15 is 4.39 Å². The van der Waals surface area contributed by atoms with Crippen LogP contribution in [-0.4, -0.2) is 59.8 Å². The molecular weight excluding hydrogens is 508 g/mol. The average molecular weight is 534 g/mol. The van der Waals surface area contributed by atoms with Crippen molar-refractivity contribution in [3.05, 3.63) is 83.4 Å². The molecule has 1 saturated heterocycles. The van der Waals surface area contributed by atoms with Crippen LogP contribution in [0, 0.1) is 30.4 Å². The van der Waals surface area contributed by atoms with Gasteiger partial charge in [0.25, 0.3) is 5.91 Å². The molecule has 1 aliphatic heterocycles. The highest BCUT2D eigenvalue weighted by atomic mass is 19.1. The van der Waals surface area contributed by atoms with Gasteiger partial charge < -0.3 is 14.7 Å². The topological polar surface area (TPSA) is 132 Å². The fourth-order valence-corrected chi connectivity index (χ4v) is 5.04. The number of hydrogen-bond donors (Lipinski definition) is 2. The number of pyridine rings is 1. The summed E-state index contributed by atoms with van der Waals surface area (Å²) in [6.07, 6.45) is 4.60. The summed E-state index contributed by atoms with van der Waals surface area (Å²) >= 11 is 0. The number of nitrogens with zero attached hydrogens (tertiary/aromatic N) is 6. The average Bonchev–Trinajstić information content (AvgIpc) is 3.22. The quantitative estimate of drug-likeness (QED) is 0.362. The molecule has 39 heavy (non-hydrogen) atoms. The highest BCUT2D eigenvalue weighted by Gasteiger charge is 2.59. The maximum atomic E-state index is 15.3. The fourth-order valence-electron chi connectivity index (χ4n) is 5.04. The molecule has 200 valence electrons. The molecule has 1 saturated carbocycles. The van der Waals surface area contributed by atoms with Gasteiger partial charge in [0.05, 0.1) is 11.3 Å². The molecule has 3 N–H and O–H groups in total. The summed E-state index contributed by atoms with van der Waals surface area (Å²) in [6.45, 7) is 3.98. The number of hydrogen-bond acceptors (Lipinski definition) is 8. The number of aromatic nitrogens is 5. The summed E-state index contributed by atoms with van der Waals surface area (Å²) in [4.78, 5) is 27.6. The number of halogens is 2. The number of piperidine rings is 1. The number of likely N-dealkylation sites (tertiary alicyclic amines) is 1. The summed E-state index contributed by atoms with van der Waals surface area (Å²) in [5.74, 6) is -0.812. The zero-order chi connectivity index (χ0) is 27.5. The fraction of sp³-hybridized carbons (Fsp3) is 0.296. The Hall–Kier alpha value is -4.29. The van der Waals surface area contributed by atoms with Gasteiger partial charge in [-0.05, 0) is 44.2 Å². The minimum absolute atomic E-state index is 0.0738. The first kappa shape index (κ1) is 25.0. The Morgan fingerprint density at radius 2 is 1.82 bits per heavy atom. The minimum Gasteiger partial charge on any atom is -0.474 e. The Bertz CT molecular complexity index is 1540. The molecule has 4 aromatic rings. The second-order valence-electron chi connectivity index (χ2n) is 10.1. The number of ether oxygens (including phenoxy) is 1. The van der Waals surface area contributed by atoms with Gasteiger partial charge in [0.15, 0.2) is 5.82 Å². The Morgan fingerprint density at radius 1 is 1.15 bits per heavy atom. The second-order valence-corrected chi connectivity index (χ2v) is 10.1. The summed E-state index contributed by atoms with van der Waals surface area (Å²) in [5.41, 5.74) is 4.88. The van der Waals surface area contributed by atoms with Crippen LogP contribution in [0.15, 0.2) is 55.0 Å². The number of aryl methyl sites for hydroxylation is 1. The zero-order valence-corrected chi connectivity index (χ0v) is 21.1. The molecule has 0 spiro atoms. The summed E-state index contributed by atoms with van der Waals surface area (Å²) in [6, 6.07) is 8.15. The van der Waals surface area contributed by atoms with Crippen LogP contribution in [-0.2, 0) is 5.72 Å². The lowest BCUT2D eigenvalue weighted by atomic mass is 10.0. The van der Waals surface area contributed by atoms with E-state index in [0.717, 1.165) is 0 Å². The van der Waals surface area contributed by atoms with E-state index in [1.165, 1.54) is 41.9 Å². The Kier molecular flexibility index (Phi) is 5.88. The molecule has 0 bridgehead atoms. The minimum atomic E-state index is -1.99. The van der Waals surface area contributed by atoms with Crippen LogP contribution in [0.1, 0.15) is 28.5 Å².